The fraction of sp³-hybridized carbons (Fsp3) is 1.00. The van der Waals surface area contributed by atoms with Crippen molar-refractivity contribution in [1.82, 2.24) is 0 Å². The van der Waals surface area contributed by atoms with Gasteiger partial charge in [-0.3, -0.25) is 0 Å². The van der Waals surface area contributed by atoms with Gasteiger partial charge in [-0.1, -0.05) is 20.3 Å². The molecule has 0 N–H and O–H groups in total. The van der Waals surface area contributed by atoms with Crippen LogP contribution in [0.5, 0.6) is 0 Å². The minimum Gasteiger partial charge on any atom is -0.110 e. The van der Waals surface area contributed by atoms with Crippen LogP contribution in [0.15, 0.2) is 0 Å². The van der Waals surface area contributed by atoms with Gasteiger partial charge in [0.05, 0.1) is 14.0 Å². The first-order valence-electron chi connectivity index (χ1n) is 2.71. The molecule has 0 spiro atoms. The molecule has 0 nitrogen and oxygen atoms in total. The van der Waals surface area contributed by atoms with Crippen molar-refractivity contribution in [1.29, 1.82) is 0 Å². The van der Waals surface area contributed by atoms with Crippen LogP contribution in [0.4, 0.5) is 0 Å². The van der Waals surface area contributed by atoms with Gasteiger partial charge in [0.25, 0.3) is 0 Å². The van der Waals surface area contributed by atoms with Crippen molar-refractivity contribution in [2.75, 3.05) is 0 Å². The molecule has 0 saturated heterocycles. The second-order valence-electron chi connectivity index (χ2n) is 1.78. The number of alkyl halides is 2. The highest BCUT2D eigenvalue weighted by molar-refractivity contribution is 6.69. The van der Waals surface area contributed by atoms with Crippen LogP contribution in [0.1, 0.15) is 20.3 Å². The predicted octanol–water partition coefficient (Wildman–Crippen LogP) is 2.67. The van der Waals surface area contributed by atoms with Crippen molar-refractivity contribution < 1.29 is 0 Å². The monoisotopic (exact) mass is 168 g/mol. The van der Waals surface area contributed by atoms with Crippen molar-refractivity contribution in [3.8, 4) is 0 Å². The lowest BCUT2D eigenvalue weighted by Gasteiger charge is -2.04. The SMILES string of the molecule is CCC(C)[Si]C(Cl)Cl. The molecule has 0 saturated carbocycles. The number of halogens is 2. The average Bonchev–Trinajstić information content (AvgIpc) is 1.65. The third-order valence-corrected chi connectivity index (χ3v) is 3.01. The van der Waals surface area contributed by atoms with Crippen molar-refractivity contribution >= 4 is 32.7 Å². The predicted molar refractivity (Wildman–Crippen MR) is 41.0 cm³/mol. The molecule has 0 rings (SSSR count). The Kier molecular flexibility index (Phi) is 5.12. The van der Waals surface area contributed by atoms with Gasteiger partial charge >= 0.3 is 0 Å². The Morgan fingerprint density at radius 1 is 1.50 bits per heavy atom. The maximum Gasteiger partial charge on any atom is 0.0931 e. The maximum atomic E-state index is 5.53. The van der Waals surface area contributed by atoms with Crippen LogP contribution in [0.25, 0.3) is 0 Å². The molecule has 2 radical (unpaired) electrons. The highest BCUT2D eigenvalue weighted by atomic mass is 35.5. The van der Waals surface area contributed by atoms with E-state index < -0.39 is 0 Å². The Bertz CT molecular complexity index is 56.4. The van der Waals surface area contributed by atoms with E-state index in [0.717, 1.165) is 0 Å². The quantitative estimate of drug-likeness (QED) is 0.450. The third kappa shape index (κ3) is 4.94. The molecule has 48 valence electrons. The van der Waals surface area contributed by atoms with E-state index in [1.807, 2.05) is 0 Å². The maximum absolute atomic E-state index is 5.53. The molecule has 0 bridgehead atoms. The van der Waals surface area contributed by atoms with Gasteiger partial charge in [-0.2, -0.15) is 0 Å². The largest absolute Gasteiger partial charge is 0.110 e. The first-order chi connectivity index (χ1) is 3.66. The summed E-state index contributed by atoms with van der Waals surface area (Å²) < 4.78 is -0.148. The van der Waals surface area contributed by atoms with E-state index in [2.05, 4.69) is 13.8 Å². The molecule has 8 heavy (non-hydrogen) atoms. The van der Waals surface area contributed by atoms with E-state index >= 15 is 0 Å². The van der Waals surface area contributed by atoms with Gasteiger partial charge < -0.3 is 0 Å². The van der Waals surface area contributed by atoms with Crippen LogP contribution in [0, 0.1) is 0 Å². The summed E-state index contributed by atoms with van der Waals surface area (Å²) in [7, 11) is 0.693. The summed E-state index contributed by atoms with van der Waals surface area (Å²) in [5.41, 5.74) is 0.690. The summed E-state index contributed by atoms with van der Waals surface area (Å²) in [4.78, 5) is 0. The molecule has 0 aliphatic rings. The van der Waals surface area contributed by atoms with Crippen LogP contribution in [0.2, 0.25) is 5.54 Å². The first-order valence-corrected chi connectivity index (χ1v) is 4.73. The Labute approximate surface area is 63.4 Å². The van der Waals surface area contributed by atoms with E-state index in [0.29, 0.717) is 15.1 Å². The van der Waals surface area contributed by atoms with Crippen molar-refractivity contribution in [2.45, 2.75) is 30.3 Å². The highest BCUT2D eigenvalue weighted by Gasteiger charge is 2.05. The molecule has 0 aromatic heterocycles. The Morgan fingerprint density at radius 3 is 2.12 bits per heavy atom. The van der Waals surface area contributed by atoms with E-state index in [1.54, 1.807) is 0 Å². The lowest BCUT2D eigenvalue weighted by Crippen LogP contribution is -2.06. The normalized spacial score (nSPS) is 14.6. The van der Waals surface area contributed by atoms with E-state index in [4.69, 9.17) is 23.2 Å². The number of rotatable bonds is 3. The molecule has 0 fully saturated rings. The zero-order chi connectivity index (χ0) is 6.57. The van der Waals surface area contributed by atoms with Gasteiger partial charge in [0.15, 0.2) is 0 Å². The minimum atomic E-state index is -0.148. The lowest BCUT2D eigenvalue weighted by molar-refractivity contribution is 0.868. The standard InChI is InChI=1S/C5H10Cl2Si/c1-3-4(2)8-5(6)7/h4-5H,3H2,1-2H3. The van der Waals surface area contributed by atoms with E-state index in [-0.39, 0.29) is 4.46 Å². The number of hydrogen-bond donors (Lipinski definition) is 0. The van der Waals surface area contributed by atoms with E-state index in [9.17, 15) is 0 Å². The molecule has 0 aliphatic heterocycles. The van der Waals surface area contributed by atoms with Gasteiger partial charge in [0.1, 0.15) is 0 Å². The molecular formula is C5H10Cl2Si. The van der Waals surface area contributed by atoms with Crippen molar-refractivity contribution in [2.24, 2.45) is 0 Å². The van der Waals surface area contributed by atoms with Gasteiger partial charge in [-0.05, 0) is 5.54 Å². The van der Waals surface area contributed by atoms with Crippen LogP contribution >= 0.6 is 23.2 Å². The summed E-state index contributed by atoms with van der Waals surface area (Å²) >= 11 is 11.1. The summed E-state index contributed by atoms with van der Waals surface area (Å²) in [6.45, 7) is 4.31. The molecule has 0 aromatic carbocycles. The molecule has 0 heterocycles. The molecule has 0 aromatic rings. The third-order valence-electron chi connectivity index (χ3n) is 1.02. The fourth-order valence-corrected chi connectivity index (χ4v) is 2.29. The summed E-state index contributed by atoms with van der Waals surface area (Å²) in [6.07, 6.45) is 1.17. The molecule has 0 aliphatic carbocycles. The lowest BCUT2D eigenvalue weighted by atomic mass is 10.4. The van der Waals surface area contributed by atoms with Gasteiger partial charge in [-0.15, -0.1) is 23.2 Å². The van der Waals surface area contributed by atoms with E-state index in [1.165, 1.54) is 6.42 Å². The number of hydrogen-bond acceptors (Lipinski definition) is 0. The van der Waals surface area contributed by atoms with Crippen LogP contribution in [-0.2, 0) is 0 Å². The molecular weight excluding hydrogens is 159 g/mol. The second-order valence-corrected chi connectivity index (χ2v) is 5.50. The Balaban J connectivity index is 3.10. The zero-order valence-corrected chi connectivity index (χ0v) is 7.63. The summed E-state index contributed by atoms with van der Waals surface area (Å²) in [6, 6.07) is 0. The molecule has 1 unspecified atom stereocenters. The fourth-order valence-electron chi connectivity index (χ4n) is 0.333. The highest BCUT2D eigenvalue weighted by Crippen LogP contribution is 2.12. The zero-order valence-electron chi connectivity index (χ0n) is 5.12. The van der Waals surface area contributed by atoms with Crippen LogP contribution in [0.3, 0.4) is 0 Å². The Hall–Kier alpha value is 0.797. The molecule has 3 heteroatoms. The van der Waals surface area contributed by atoms with Crippen molar-refractivity contribution in [3.05, 3.63) is 0 Å². The average molecular weight is 169 g/mol. The van der Waals surface area contributed by atoms with Gasteiger partial charge in [0, 0.05) is 0 Å². The first kappa shape index (κ1) is 8.80. The molecule has 1 atom stereocenters. The Morgan fingerprint density at radius 2 is 2.00 bits per heavy atom. The van der Waals surface area contributed by atoms with Crippen LogP contribution in [-0.4, -0.2) is 14.0 Å². The second kappa shape index (κ2) is 4.65. The van der Waals surface area contributed by atoms with Crippen molar-refractivity contribution in [3.63, 3.8) is 0 Å². The summed E-state index contributed by atoms with van der Waals surface area (Å²) in [5, 5.41) is 0. The van der Waals surface area contributed by atoms with Crippen LogP contribution < -0.4 is 0 Å². The van der Waals surface area contributed by atoms with Gasteiger partial charge in [0.2, 0.25) is 0 Å². The smallest absolute Gasteiger partial charge is 0.0931 e. The van der Waals surface area contributed by atoms with Gasteiger partial charge in [-0.25, -0.2) is 0 Å². The topological polar surface area (TPSA) is 0 Å². The minimum absolute atomic E-state index is 0.148. The summed E-state index contributed by atoms with van der Waals surface area (Å²) in [5.74, 6) is 0. The molecule has 0 amide bonds.